The molecule has 1 heterocycles. The lowest BCUT2D eigenvalue weighted by molar-refractivity contribution is -0.0750. The summed E-state index contributed by atoms with van der Waals surface area (Å²) < 4.78 is 11.1. The number of hydrogen-bond donors (Lipinski definition) is 3. The van der Waals surface area contributed by atoms with Crippen molar-refractivity contribution in [3.63, 3.8) is 0 Å². The Morgan fingerprint density at radius 1 is 1.07 bits per heavy atom. The molecular formula is C19H38N4O4. The summed E-state index contributed by atoms with van der Waals surface area (Å²) in [6.45, 7) is 9.75. The van der Waals surface area contributed by atoms with Crippen LogP contribution in [0.5, 0.6) is 0 Å². The van der Waals surface area contributed by atoms with Crippen LogP contribution < -0.4 is 16.4 Å². The highest BCUT2D eigenvalue weighted by atomic mass is 16.6. The zero-order valence-electron chi connectivity index (χ0n) is 17.3. The number of hydrogen-bond acceptors (Lipinski definition) is 6. The predicted octanol–water partition coefficient (Wildman–Crippen LogP) is 2.57. The van der Waals surface area contributed by atoms with Gasteiger partial charge in [0.05, 0.1) is 6.04 Å². The Morgan fingerprint density at radius 3 is 2.19 bits per heavy atom. The van der Waals surface area contributed by atoms with Gasteiger partial charge < -0.3 is 25.8 Å². The minimum atomic E-state index is -0.421. The Morgan fingerprint density at radius 2 is 1.63 bits per heavy atom. The SMILES string of the molecule is CCCCNC(=O)OC(C)C1CC(N)CCN1C(C)OC(=O)NCCCC. The van der Waals surface area contributed by atoms with Crippen molar-refractivity contribution in [3.05, 3.63) is 0 Å². The van der Waals surface area contributed by atoms with Gasteiger partial charge in [-0.1, -0.05) is 26.7 Å². The van der Waals surface area contributed by atoms with E-state index in [2.05, 4.69) is 29.4 Å². The van der Waals surface area contributed by atoms with Crippen molar-refractivity contribution in [1.82, 2.24) is 15.5 Å². The average Bonchev–Trinajstić information content (AvgIpc) is 2.61. The molecule has 4 unspecified atom stereocenters. The van der Waals surface area contributed by atoms with Crippen molar-refractivity contribution >= 4 is 12.2 Å². The van der Waals surface area contributed by atoms with E-state index in [0.29, 0.717) is 26.1 Å². The first-order valence-electron chi connectivity index (χ1n) is 10.3. The molecule has 158 valence electrons. The van der Waals surface area contributed by atoms with Crippen molar-refractivity contribution in [2.75, 3.05) is 19.6 Å². The van der Waals surface area contributed by atoms with Crippen LogP contribution in [0.3, 0.4) is 0 Å². The van der Waals surface area contributed by atoms with Crippen LogP contribution in [0, 0.1) is 0 Å². The van der Waals surface area contributed by atoms with E-state index in [-0.39, 0.29) is 18.2 Å². The zero-order valence-corrected chi connectivity index (χ0v) is 17.3. The number of rotatable bonds is 10. The normalized spacial score (nSPS) is 22.6. The van der Waals surface area contributed by atoms with Crippen LogP contribution in [0.25, 0.3) is 0 Å². The molecule has 1 rings (SSSR count). The molecule has 0 radical (unpaired) electrons. The molecule has 1 saturated heterocycles. The van der Waals surface area contributed by atoms with Gasteiger partial charge in [-0.25, -0.2) is 9.59 Å². The van der Waals surface area contributed by atoms with E-state index >= 15 is 0 Å². The number of amides is 2. The largest absolute Gasteiger partial charge is 0.445 e. The first kappa shape index (κ1) is 23.5. The highest BCUT2D eigenvalue weighted by Gasteiger charge is 2.36. The number of unbranched alkanes of at least 4 members (excludes halogenated alkanes) is 2. The van der Waals surface area contributed by atoms with E-state index in [1.54, 1.807) is 0 Å². The summed E-state index contributed by atoms with van der Waals surface area (Å²) in [4.78, 5) is 26.0. The van der Waals surface area contributed by atoms with Crippen LogP contribution in [-0.2, 0) is 9.47 Å². The summed E-state index contributed by atoms with van der Waals surface area (Å²) in [7, 11) is 0. The number of nitrogens with one attached hydrogen (secondary N) is 2. The monoisotopic (exact) mass is 386 g/mol. The second kappa shape index (κ2) is 12.8. The Kier molecular flexibility index (Phi) is 11.1. The Balaban J connectivity index is 2.59. The molecule has 8 heteroatoms. The molecule has 0 saturated carbocycles. The summed E-state index contributed by atoms with van der Waals surface area (Å²) in [5, 5.41) is 5.52. The van der Waals surface area contributed by atoms with Crippen LogP contribution >= 0.6 is 0 Å². The smallest absolute Gasteiger partial charge is 0.408 e. The molecule has 0 aliphatic carbocycles. The van der Waals surface area contributed by atoms with E-state index in [0.717, 1.165) is 32.1 Å². The fraction of sp³-hybridized carbons (Fsp3) is 0.895. The molecule has 0 aromatic rings. The first-order chi connectivity index (χ1) is 12.9. The maximum atomic E-state index is 12.0. The predicted molar refractivity (Wildman–Crippen MR) is 105 cm³/mol. The molecule has 0 aromatic heterocycles. The average molecular weight is 387 g/mol. The minimum absolute atomic E-state index is 0.0473. The summed E-state index contributed by atoms with van der Waals surface area (Å²) >= 11 is 0. The van der Waals surface area contributed by atoms with Crippen LogP contribution in [-0.4, -0.2) is 61.1 Å². The van der Waals surface area contributed by atoms with Gasteiger partial charge in [0.15, 0.2) is 6.23 Å². The molecule has 2 amide bonds. The highest BCUT2D eigenvalue weighted by Crippen LogP contribution is 2.24. The Bertz CT molecular complexity index is 449. The molecule has 1 fully saturated rings. The molecule has 0 bridgehead atoms. The van der Waals surface area contributed by atoms with Gasteiger partial charge in [0.1, 0.15) is 6.10 Å². The number of carbonyl (C=O) groups is 2. The minimum Gasteiger partial charge on any atom is -0.445 e. The summed E-state index contributed by atoms with van der Waals surface area (Å²) in [6, 6.07) is -0.0462. The number of likely N-dealkylation sites (tertiary alicyclic amines) is 1. The number of carbonyl (C=O) groups excluding carboxylic acids is 2. The molecule has 8 nitrogen and oxygen atoms in total. The molecule has 0 aromatic carbocycles. The number of piperidine rings is 1. The third-order valence-electron chi connectivity index (χ3n) is 4.91. The second-order valence-corrected chi connectivity index (χ2v) is 7.27. The van der Waals surface area contributed by atoms with Crippen molar-refractivity contribution in [2.45, 2.75) is 90.6 Å². The fourth-order valence-corrected chi connectivity index (χ4v) is 3.24. The van der Waals surface area contributed by atoms with E-state index in [4.69, 9.17) is 15.2 Å². The summed E-state index contributed by atoms with van der Waals surface area (Å²) in [5.74, 6) is 0. The van der Waals surface area contributed by atoms with Gasteiger partial charge in [-0.15, -0.1) is 0 Å². The zero-order chi connectivity index (χ0) is 20.2. The van der Waals surface area contributed by atoms with Crippen molar-refractivity contribution in [3.8, 4) is 0 Å². The number of ether oxygens (including phenoxy) is 2. The lowest BCUT2D eigenvalue weighted by Gasteiger charge is -2.43. The topological polar surface area (TPSA) is 106 Å². The van der Waals surface area contributed by atoms with Crippen LogP contribution in [0.1, 0.15) is 66.2 Å². The van der Waals surface area contributed by atoms with Crippen molar-refractivity contribution in [1.29, 1.82) is 0 Å². The molecule has 4 atom stereocenters. The molecule has 4 N–H and O–H groups in total. The van der Waals surface area contributed by atoms with Crippen LogP contribution in [0.2, 0.25) is 0 Å². The lowest BCUT2D eigenvalue weighted by Crippen LogP contribution is -2.57. The molecule has 0 spiro atoms. The molecular weight excluding hydrogens is 348 g/mol. The highest BCUT2D eigenvalue weighted by molar-refractivity contribution is 5.67. The maximum absolute atomic E-state index is 12.0. The third-order valence-corrected chi connectivity index (χ3v) is 4.91. The maximum Gasteiger partial charge on any atom is 0.408 e. The molecule has 27 heavy (non-hydrogen) atoms. The van der Waals surface area contributed by atoms with Crippen molar-refractivity contribution < 1.29 is 19.1 Å². The fourth-order valence-electron chi connectivity index (χ4n) is 3.24. The van der Waals surface area contributed by atoms with Gasteiger partial charge in [0.2, 0.25) is 0 Å². The summed E-state index contributed by atoms with van der Waals surface area (Å²) in [6.07, 6.45) is 3.76. The quantitative estimate of drug-likeness (QED) is 0.498. The van der Waals surface area contributed by atoms with Gasteiger partial charge in [-0.2, -0.15) is 0 Å². The molecule has 1 aliphatic heterocycles. The van der Waals surface area contributed by atoms with Crippen LogP contribution in [0.15, 0.2) is 0 Å². The number of nitrogens with zero attached hydrogens (tertiary/aromatic N) is 1. The first-order valence-corrected chi connectivity index (χ1v) is 10.3. The van der Waals surface area contributed by atoms with E-state index < -0.39 is 18.4 Å². The van der Waals surface area contributed by atoms with Crippen molar-refractivity contribution in [2.24, 2.45) is 5.73 Å². The Labute approximate surface area is 163 Å². The van der Waals surface area contributed by atoms with E-state index in [1.165, 1.54) is 0 Å². The van der Waals surface area contributed by atoms with Gasteiger partial charge >= 0.3 is 12.2 Å². The lowest BCUT2D eigenvalue weighted by atomic mass is 9.94. The summed E-state index contributed by atoms with van der Waals surface area (Å²) in [5.41, 5.74) is 6.13. The Hall–Kier alpha value is -1.54. The number of alkyl carbamates (subject to hydrolysis) is 2. The number of nitrogens with two attached hydrogens (primary N) is 1. The van der Waals surface area contributed by atoms with Gasteiger partial charge in [-0.3, -0.25) is 4.90 Å². The van der Waals surface area contributed by atoms with Gasteiger partial charge in [0, 0.05) is 25.7 Å². The molecule has 1 aliphatic rings. The van der Waals surface area contributed by atoms with Crippen LogP contribution in [0.4, 0.5) is 9.59 Å². The van der Waals surface area contributed by atoms with E-state index in [9.17, 15) is 9.59 Å². The van der Waals surface area contributed by atoms with Gasteiger partial charge in [0.25, 0.3) is 0 Å². The second-order valence-electron chi connectivity index (χ2n) is 7.27. The standard InChI is InChI=1S/C19H38N4O4/c1-5-7-10-21-18(24)26-14(3)17-13-16(20)9-12-23(17)15(4)27-19(25)22-11-8-6-2/h14-17H,5-13,20H2,1-4H3,(H,21,24)(H,22,25). The van der Waals surface area contributed by atoms with E-state index in [1.807, 2.05) is 13.8 Å². The third kappa shape index (κ3) is 8.79. The van der Waals surface area contributed by atoms with Gasteiger partial charge in [-0.05, 0) is 39.5 Å².